The van der Waals surface area contributed by atoms with E-state index in [1.165, 1.54) is 12.5 Å². The molecule has 1 atom stereocenters. The van der Waals surface area contributed by atoms with Crippen molar-refractivity contribution < 1.29 is 8.42 Å². The Kier molecular flexibility index (Phi) is 5.15. The Bertz CT molecular complexity index is 670. The van der Waals surface area contributed by atoms with Crippen molar-refractivity contribution in [3.8, 4) is 6.07 Å². The van der Waals surface area contributed by atoms with Crippen LogP contribution in [0.5, 0.6) is 0 Å². The summed E-state index contributed by atoms with van der Waals surface area (Å²) in [7, 11) is -3.17. The van der Waals surface area contributed by atoms with Crippen LogP contribution >= 0.6 is 0 Å². The van der Waals surface area contributed by atoms with Gasteiger partial charge >= 0.3 is 0 Å². The Labute approximate surface area is 130 Å². The van der Waals surface area contributed by atoms with Gasteiger partial charge in [0.05, 0.1) is 12.5 Å². The first kappa shape index (κ1) is 16.5. The van der Waals surface area contributed by atoms with Crippen molar-refractivity contribution in [3.05, 3.63) is 11.8 Å². The third kappa shape index (κ3) is 4.05. The molecule has 1 saturated heterocycles. The van der Waals surface area contributed by atoms with E-state index >= 15 is 0 Å². The minimum absolute atomic E-state index is 0.00646. The van der Waals surface area contributed by atoms with Gasteiger partial charge in [-0.25, -0.2) is 13.4 Å². The van der Waals surface area contributed by atoms with Crippen LogP contribution in [0.15, 0.2) is 6.20 Å². The van der Waals surface area contributed by atoms with Gasteiger partial charge in [-0.15, -0.1) is 0 Å². The highest BCUT2D eigenvalue weighted by atomic mass is 32.2. The fourth-order valence-electron chi connectivity index (χ4n) is 2.62. The summed E-state index contributed by atoms with van der Waals surface area (Å²) in [6, 6.07) is 1.91. The topological polar surface area (TPSA) is 125 Å². The summed E-state index contributed by atoms with van der Waals surface area (Å²) >= 11 is 0. The molecule has 1 aromatic rings. The van der Waals surface area contributed by atoms with Gasteiger partial charge in [0.2, 0.25) is 16.0 Å². The number of nitriles is 1. The maximum Gasteiger partial charge on any atom is 0.224 e. The number of nitrogens with zero attached hydrogens (tertiary/aromatic N) is 4. The lowest BCUT2D eigenvalue weighted by molar-refractivity contribution is 0.246. The van der Waals surface area contributed by atoms with Crippen LogP contribution in [-0.2, 0) is 10.0 Å². The van der Waals surface area contributed by atoms with E-state index < -0.39 is 10.0 Å². The lowest BCUT2D eigenvalue weighted by Gasteiger charge is -2.33. The van der Waals surface area contributed by atoms with Crippen LogP contribution in [0, 0.1) is 11.3 Å². The van der Waals surface area contributed by atoms with Gasteiger partial charge in [-0.05, 0) is 19.3 Å². The van der Waals surface area contributed by atoms with Crippen LogP contribution in [0.4, 0.5) is 11.8 Å². The molecule has 0 bridgehead atoms. The van der Waals surface area contributed by atoms with Crippen LogP contribution in [0.1, 0.15) is 31.2 Å². The second-order valence-corrected chi connectivity index (χ2v) is 7.28. The fraction of sp³-hybridized carbons (Fsp3) is 0.615. The number of hydrogen-bond acceptors (Lipinski definition) is 7. The van der Waals surface area contributed by atoms with Gasteiger partial charge in [0.25, 0.3) is 0 Å². The van der Waals surface area contributed by atoms with Crippen LogP contribution in [0.2, 0.25) is 0 Å². The molecule has 0 saturated carbocycles. The fourth-order valence-corrected chi connectivity index (χ4v) is 3.83. The molecule has 1 fully saturated rings. The number of nitrogens with one attached hydrogen (secondary N) is 1. The predicted molar refractivity (Wildman–Crippen MR) is 83.5 cm³/mol. The molecule has 0 spiro atoms. The lowest BCUT2D eigenvalue weighted by atomic mass is 10.0. The van der Waals surface area contributed by atoms with Gasteiger partial charge in [0.15, 0.2) is 0 Å². The molecule has 0 amide bonds. The van der Waals surface area contributed by atoms with Crippen LogP contribution in [-0.4, -0.2) is 48.1 Å². The second-order valence-electron chi connectivity index (χ2n) is 5.34. The number of rotatable bonds is 5. The highest BCUT2D eigenvalue weighted by Gasteiger charge is 2.28. The van der Waals surface area contributed by atoms with Crippen molar-refractivity contribution >= 4 is 21.8 Å². The molecule has 9 heteroatoms. The molecule has 0 aromatic carbocycles. The Morgan fingerprint density at radius 2 is 2.32 bits per heavy atom. The van der Waals surface area contributed by atoms with E-state index in [1.807, 2.05) is 6.07 Å². The number of anilines is 2. The maximum atomic E-state index is 11.8. The zero-order valence-corrected chi connectivity index (χ0v) is 13.3. The lowest BCUT2D eigenvalue weighted by Crippen LogP contribution is -2.43. The molecular formula is C13H20N6O2S. The van der Waals surface area contributed by atoms with Crippen LogP contribution < -0.4 is 11.1 Å². The molecule has 1 aromatic heterocycles. The van der Waals surface area contributed by atoms with Crippen molar-refractivity contribution in [2.75, 3.05) is 30.4 Å². The van der Waals surface area contributed by atoms with Crippen molar-refractivity contribution in [2.45, 2.75) is 31.7 Å². The first-order valence-electron chi connectivity index (χ1n) is 7.15. The zero-order chi connectivity index (χ0) is 16.2. The summed E-state index contributed by atoms with van der Waals surface area (Å²) < 4.78 is 25.1. The van der Waals surface area contributed by atoms with E-state index in [0.29, 0.717) is 25.5 Å². The molecule has 1 aliphatic heterocycles. The number of nitrogens with two attached hydrogens (primary N) is 1. The van der Waals surface area contributed by atoms with Gasteiger partial charge < -0.3 is 11.1 Å². The van der Waals surface area contributed by atoms with E-state index in [9.17, 15) is 8.42 Å². The Hall–Kier alpha value is -1.92. The highest BCUT2D eigenvalue weighted by molar-refractivity contribution is 7.88. The average Bonchev–Trinajstić information content (AvgIpc) is 2.47. The second kappa shape index (κ2) is 6.89. The van der Waals surface area contributed by atoms with E-state index in [1.54, 1.807) is 4.31 Å². The third-order valence-electron chi connectivity index (χ3n) is 3.70. The monoisotopic (exact) mass is 324 g/mol. The molecule has 2 heterocycles. The van der Waals surface area contributed by atoms with Gasteiger partial charge in [-0.2, -0.15) is 14.6 Å². The number of piperidine rings is 1. The standard InChI is InChI=1S/C13H20N6O2S/c1-22(20,21)19-7-3-2-4-11(19)5-6-16-13-17-9-10(8-14)12(15)18-13/h9,11H,2-7H2,1H3,(H3,15,16,17,18). The Morgan fingerprint density at radius 3 is 2.95 bits per heavy atom. The van der Waals surface area contributed by atoms with Crippen molar-refractivity contribution in [1.29, 1.82) is 5.26 Å². The number of hydrogen-bond donors (Lipinski definition) is 2. The average molecular weight is 324 g/mol. The van der Waals surface area contributed by atoms with E-state index in [2.05, 4.69) is 15.3 Å². The van der Waals surface area contributed by atoms with Gasteiger partial charge in [0, 0.05) is 19.1 Å². The smallest absolute Gasteiger partial charge is 0.224 e. The molecule has 1 aliphatic rings. The molecule has 1 unspecified atom stereocenters. The minimum atomic E-state index is -3.17. The van der Waals surface area contributed by atoms with E-state index in [0.717, 1.165) is 19.3 Å². The first-order chi connectivity index (χ1) is 10.4. The summed E-state index contributed by atoms with van der Waals surface area (Å²) in [4.78, 5) is 8.00. The first-order valence-corrected chi connectivity index (χ1v) is 9.00. The minimum Gasteiger partial charge on any atom is -0.382 e. The van der Waals surface area contributed by atoms with Gasteiger partial charge in [-0.1, -0.05) is 6.42 Å². The quantitative estimate of drug-likeness (QED) is 0.810. The third-order valence-corrected chi connectivity index (χ3v) is 5.03. The Balaban J connectivity index is 1.92. The SMILES string of the molecule is CS(=O)(=O)N1CCCCC1CCNc1ncc(C#N)c(N)n1. The molecule has 120 valence electrons. The largest absolute Gasteiger partial charge is 0.382 e. The van der Waals surface area contributed by atoms with Crippen molar-refractivity contribution in [3.63, 3.8) is 0 Å². The molecule has 22 heavy (non-hydrogen) atoms. The molecule has 8 nitrogen and oxygen atoms in total. The number of sulfonamides is 1. The summed E-state index contributed by atoms with van der Waals surface area (Å²) in [6.07, 6.45) is 6.11. The van der Waals surface area contributed by atoms with E-state index in [4.69, 9.17) is 11.0 Å². The van der Waals surface area contributed by atoms with Gasteiger partial charge in [-0.3, -0.25) is 0 Å². The number of nitrogen functional groups attached to an aromatic ring is 1. The number of aromatic nitrogens is 2. The molecule has 0 aliphatic carbocycles. The van der Waals surface area contributed by atoms with Crippen LogP contribution in [0.3, 0.4) is 0 Å². The van der Waals surface area contributed by atoms with Crippen LogP contribution in [0.25, 0.3) is 0 Å². The summed E-state index contributed by atoms with van der Waals surface area (Å²) in [5.41, 5.74) is 5.86. The summed E-state index contributed by atoms with van der Waals surface area (Å²) in [5, 5.41) is 11.8. The van der Waals surface area contributed by atoms with Gasteiger partial charge in [0.1, 0.15) is 17.5 Å². The van der Waals surface area contributed by atoms with E-state index in [-0.39, 0.29) is 17.4 Å². The molecule has 3 N–H and O–H groups in total. The highest BCUT2D eigenvalue weighted by Crippen LogP contribution is 2.22. The Morgan fingerprint density at radius 1 is 1.55 bits per heavy atom. The predicted octanol–water partition coefficient (Wildman–Crippen LogP) is 0.547. The summed E-state index contributed by atoms with van der Waals surface area (Å²) in [6.45, 7) is 1.13. The van der Waals surface area contributed by atoms with Crippen molar-refractivity contribution in [2.24, 2.45) is 0 Å². The normalized spacial score (nSPS) is 19.5. The molecule has 2 rings (SSSR count). The maximum absolute atomic E-state index is 11.8. The molecule has 0 radical (unpaired) electrons. The van der Waals surface area contributed by atoms with Crippen molar-refractivity contribution in [1.82, 2.24) is 14.3 Å². The molecular weight excluding hydrogens is 304 g/mol. The zero-order valence-electron chi connectivity index (χ0n) is 12.5. The summed E-state index contributed by atoms with van der Waals surface area (Å²) in [5.74, 6) is 0.480.